The normalized spacial score (nSPS) is 12.1. The fourth-order valence-corrected chi connectivity index (χ4v) is 3.17. The van der Waals surface area contributed by atoms with E-state index in [1.54, 1.807) is 0 Å². The number of halogens is 1. The highest BCUT2D eigenvalue weighted by Crippen LogP contribution is 2.23. The lowest BCUT2D eigenvalue weighted by Gasteiger charge is -2.21. The molecule has 1 rings (SSSR count). The number of nitrogens with two attached hydrogens (primary N) is 2. The zero-order valence-corrected chi connectivity index (χ0v) is 13.9. The van der Waals surface area contributed by atoms with E-state index in [2.05, 4.69) is 4.72 Å². The van der Waals surface area contributed by atoms with Crippen LogP contribution in [-0.4, -0.2) is 25.9 Å². The lowest BCUT2D eigenvalue weighted by atomic mass is 9.93. The van der Waals surface area contributed by atoms with Gasteiger partial charge in [0.05, 0.1) is 10.4 Å². The topological polar surface area (TPSA) is 115 Å². The summed E-state index contributed by atoms with van der Waals surface area (Å²) < 4.78 is 26.8. The van der Waals surface area contributed by atoms with Gasteiger partial charge >= 0.3 is 0 Å². The van der Waals surface area contributed by atoms with E-state index in [1.807, 2.05) is 0 Å². The maximum atomic E-state index is 12.3. The van der Waals surface area contributed by atoms with Crippen molar-refractivity contribution in [3.8, 4) is 0 Å². The molecule has 0 spiro atoms. The molecule has 9 heteroatoms. The number of carbonyl (C=O) groups is 1. The number of primary amides is 1. The fourth-order valence-electron chi connectivity index (χ4n) is 1.30. The third-order valence-corrected chi connectivity index (χ3v) is 4.99. The summed E-state index contributed by atoms with van der Waals surface area (Å²) in [7, 11) is -3.92. The van der Waals surface area contributed by atoms with Crippen molar-refractivity contribution < 1.29 is 13.2 Å². The molecule has 0 unspecified atom stereocenters. The van der Waals surface area contributed by atoms with Crippen LogP contribution in [0.5, 0.6) is 0 Å². The van der Waals surface area contributed by atoms with Gasteiger partial charge in [-0.15, -0.1) is 0 Å². The molecule has 0 aliphatic heterocycles. The SMILES string of the molecule is CC(C)(CNS(=O)(=O)c1cc(C(N)=S)ccc1Cl)C(N)=O. The molecule has 0 aliphatic rings. The summed E-state index contributed by atoms with van der Waals surface area (Å²) in [6.07, 6.45) is 0. The van der Waals surface area contributed by atoms with Crippen molar-refractivity contribution in [1.82, 2.24) is 4.72 Å². The van der Waals surface area contributed by atoms with Crippen LogP contribution >= 0.6 is 23.8 Å². The predicted molar refractivity (Wildman–Crippen MR) is 85.5 cm³/mol. The largest absolute Gasteiger partial charge is 0.389 e. The van der Waals surface area contributed by atoms with Crippen molar-refractivity contribution in [3.05, 3.63) is 28.8 Å². The summed E-state index contributed by atoms with van der Waals surface area (Å²) in [6.45, 7) is 2.91. The molecular formula is C12H16ClN3O3S2. The molecule has 0 heterocycles. The molecule has 6 nitrogen and oxygen atoms in total. The molecule has 1 amide bonds. The smallest absolute Gasteiger partial charge is 0.242 e. The zero-order chi connectivity index (χ0) is 16.4. The van der Waals surface area contributed by atoms with Gasteiger partial charge in [0.2, 0.25) is 15.9 Å². The van der Waals surface area contributed by atoms with E-state index in [9.17, 15) is 13.2 Å². The molecule has 0 fully saturated rings. The van der Waals surface area contributed by atoms with Crippen LogP contribution in [0.3, 0.4) is 0 Å². The number of carbonyl (C=O) groups excluding carboxylic acids is 1. The molecule has 0 saturated heterocycles. The lowest BCUT2D eigenvalue weighted by Crippen LogP contribution is -2.42. The Morgan fingerprint density at radius 1 is 1.38 bits per heavy atom. The number of nitrogens with one attached hydrogen (secondary N) is 1. The molecule has 1 aromatic rings. The summed E-state index contributed by atoms with van der Waals surface area (Å²) >= 11 is 10.7. The minimum Gasteiger partial charge on any atom is -0.389 e. The van der Waals surface area contributed by atoms with Crippen LogP contribution in [-0.2, 0) is 14.8 Å². The van der Waals surface area contributed by atoms with Gasteiger partial charge in [-0.05, 0) is 26.0 Å². The van der Waals surface area contributed by atoms with E-state index < -0.39 is 21.3 Å². The van der Waals surface area contributed by atoms with Gasteiger partial charge in [-0.3, -0.25) is 4.79 Å². The van der Waals surface area contributed by atoms with Gasteiger partial charge in [-0.2, -0.15) is 0 Å². The van der Waals surface area contributed by atoms with Crippen molar-refractivity contribution in [2.24, 2.45) is 16.9 Å². The average Bonchev–Trinajstić information content (AvgIpc) is 2.36. The Hall–Kier alpha value is -1.22. The summed E-state index contributed by atoms with van der Waals surface area (Å²) in [5, 5.41) is 0.0272. The number of hydrogen-bond acceptors (Lipinski definition) is 4. The van der Waals surface area contributed by atoms with Crippen molar-refractivity contribution in [1.29, 1.82) is 0 Å². The Morgan fingerprint density at radius 3 is 2.43 bits per heavy atom. The molecule has 0 aromatic heterocycles. The lowest BCUT2D eigenvalue weighted by molar-refractivity contribution is -0.125. The quantitative estimate of drug-likeness (QED) is 0.656. The van der Waals surface area contributed by atoms with Gasteiger partial charge in [0.15, 0.2) is 0 Å². The number of sulfonamides is 1. The molecule has 0 bridgehead atoms. The Labute approximate surface area is 133 Å². The van der Waals surface area contributed by atoms with Crippen LogP contribution in [0, 0.1) is 5.41 Å². The maximum Gasteiger partial charge on any atom is 0.242 e. The van der Waals surface area contributed by atoms with Crippen molar-refractivity contribution in [2.75, 3.05) is 6.54 Å². The Kier molecular flexibility index (Phi) is 5.32. The van der Waals surface area contributed by atoms with Crippen LogP contribution in [0.4, 0.5) is 0 Å². The van der Waals surface area contributed by atoms with Crippen molar-refractivity contribution in [3.63, 3.8) is 0 Å². The first-order valence-corrected chi connectivity index (χ1v) is 8.13. The monoisotopic (exact) mass is 349 g/mol. The summed E-state index contributed by atoms with van der Waals surface area (Å²) in [5.41, 5.74) is 10.0. The first kappa shape index (κ1) is 17.8. The molecule has 0 saturated carbocycles. The first-order chi connectivity index (χ1) is 9.47. The third kappa shape index (κ3) is 4.37. The summed E-state index contributed by atoms with van der Waals surface area (Å²) in [5.74, 6) is -0.617. The molecule has 0 atom stereocenters. The maximum absolute atomic E-state index is 12.3. The Balaban J connectivity index is 3.11. The molecule has 0 radical (unpaired) electrons. The number of benzene rings is 1. The summed E-state index contributed by atoms with van der Waals surface area (Å²) in [4.78, 5) is 11.1. The number of amides is 1. The number of hydrogen-bond donors (Lipinski definition) is 3. The van der Waals surface area contributed by atoms with Gasteiger partial charge in [0, 0.05) is 12.1 Å². The molecule has 1 aromatic carbocycles. The second kappa shape index (κ2) is 6.27. The van der Waals surface area contributed by atoms with Gasteiger partial charge in [-0.1, -0.05) is 29.9 Å². The molecule has 5 N–H and O–H groups in total. The van der Waals surface area contributed by atoms with Gasteiger partial charge in [-0.25, -0.2) is 13.1 Å². The Morgan fingerprint density at radius 2 is 1.95 bits per heavy atom. The van der Waals surface area contributed by atoms with E-state index in [0.29, 0.717) is 5.56 Å². The highest BCUT2D eigenvalue weighted by molar-refractivity contribution is 7.89. The fraction of sp³-hybridized carbons (Fsp3) is 0.333. The third-order valence-electron chi connectivity index (χ3n) is 2.88. The van der Waals surface area contributed by atoms with Crippen LogP contribution in [0.1, 0.15) is 19.4 Å². The van der Waals surface area contributed by atoms with E-state index in [-0.39, 0.29) is 21.5 Å². The molecule has 116 valence electrons. The van der Waals surface area contributed by atoms with Gasteiger partial charge in [0.1, 0.15) is 9.88 Å². The van der Waals surface area contributed by atoms with E-state index >= 15 is 0 Å². The summed E-state index contributed by atoms with van der Waals surface area (Å²) in [6, 6.07) is 4.20. The average molecular weight is 350 g/mol. The first-order valence-electron chi connectivity index (χ1n) is 5.86. The van der Waals surface area contributed by atoms with Gasteiger partial charge in [0.25, 0.3) is 0 Å². The highest BCUT2D eigenvalue weighted by atomic mass is 35.5. The van der Waals surface area contributed by atoms with Crippen molar-refractivity contribution >= 4 is 44.7 Å². The van der Waals surface area contributed by atoms with E-state index in [4.69, 9.17) is 35.3 Å². The molecule has 21 heavy (non-hydrogen) atoms. The second-order valence-corrected chi connectivity index (χ2v) is 7.66. The van der Waals surface area contributed by atoms with E-state index in [1.165, 1.54) is 32.0 Å². The predicted octanol–water partition coefficient (Wildman–Crippen LogP) is 0.764. The van der Waals surface area contributed by atoms with Crippen LogP contribution < -0.4 is 16.2 Å². The van der Waals surface area contributed by atoms with Crippen LogP contribution in [0.15, 0.2) is 23.1 Å². The van der Waals surface area contributed by atoms with E-state index in [0.717, 1.165) is 0 Å². The standard InChI is InChI=1S/C12H16ClN3O3S2/c1-12(2,11(15)17)6-16-21(18,19)9-5-7(10(14)20)3-4-8(9)13/h3-5,16H,6H2,1-2H3,(H2,14,20)(H2,15,17). The number of thiocarbonyl (C=S) groups is 1. The second-order valence-electron chi connectivity index (χ2n) is 5.08. The van der Waals surface area contributed by atoms with Crippen LogP contribution in [0.2, 0.25) is 5.02 Å². The van der Waals surface area contributed by atoms with Crippen molar-refractivity contribution in [2.45, 2.75) is 18.7 Å². The Bertz CT molecular complexity index is 687. The van der Waals surface area contributed by atoms with Gasteiger partial charge < -0.3 is 11.5 Å². The minimum absolute atomic E-state index is 0.0272. The zero-order valence-electron chi connectivity index (χ0n) is 11.5. The minimum atomic E-state index is -3.92. The highest BCUT2D eigenvalue weighted by Gasteiger charge is 2.28. The number of rotatable bonds is 6. The molecule has 0 aliphatic carbocycles. The molecular weight excluding hydrogens is 334 g/mol. The van der Waals surface area contributed by atoms with Crippen LogP contribution in [0.25, 0.3) is 0 Å².